The van der Waals surface area contributed by atoms with E-state index in [0.717, 1.165) is 52.0 Å². The summed E-state index contributed by atoms with van der Waals surface area (Å²) in [6, 6.07) is 5.84. The van der Waals surface area contributed by atoms with E-state index in [4.69, 9.17) is 16.6 Å². The smallest absolute Gasteiger partial charge is 0.228 e. The molecule has 0 spiro atoms. The third kappa shape index (κ3) is 3.75. The zero-order chi connectivity index (χ0) is 17.4. The highest BCUT2D eigenvalue weighted by atomic mass is 35.5. The van der Waals surface area contributed by atoms with Crippen molar-refractivity contribution in [3.05, 3.63) is 28.8 Å². The van der Waals surface area contributed by atoms with Crippen LogP contribution in [0.2, 0.25) is 5.02 Å². The predicted molar refractivity (Wildman–Crippen MR) is 106 cm³/mol. The molecule has 1 heterocycles. The number of aryl methyl sites for hydroxylation is 1. The third-order valence-electron chi connectivity index (χ3n) is 5.99. The molecule has 4 rings (SSSR count). The summed E-state index contributed by atoms with van der Waals surface area (Å²) >= 11 is 7.91. The van der Waals surface area contributed by atoms with Crippen molar-refractivity contribution in [3.63, 3.8) is 0 Å². The van der Waals surface area contributed by atoms with E-state index in [2.05, 4.69) is 0 Å². The van der Waals surface area contributed by atoms with Crippen molar-refractivity contribution < 1.29 is 4.79 Å². The second-order valence-corrected chi connectivity index (χ2v) is 9.18. The Kier molecular flexibility index (Phi) is 5.10. The van der Waals surface area contributed by atoms with Crippen LogP contribution in [-0.4, -0.2) is 28.3 Å². The Morgan fingerprint density at radius 1 is 1.36 bits per heavy atom. The van der Waals surface area contributed by atoms with Gasteiger partial charge >= 0.3 is 0 Å². The first-order valence-electron chi connectivity index (χ1n) is 9.38. The fourth-order valence-electron chi connectivity index (χ4n) is 4.61. The van der Waals surface area contributed by atoms with Crippen molar-refractivity contribution in [2.24, 2.45) is 22.7 Å². The molecule has 3 aliphatic rings. The zero-order valence-electron chi connectivity index (χ0n) is 14.7. The zero-order valence-corrected chi connectivity index (χ0v) is 16.3. The van der Waals surface area contributed by atoms with Crippen molar-refractivity contribution in [3.8, 4) is 0 Å². The third-order valence-corrected chi connectivity index (χ3v) is 7.46. The Bertz CT molecular complexity index is 705. The molecule has 2 saturated carbocycles. The summed E-state index contributed by atoms with van der Waals surface area (Å²) in [6.07, 6.45) is 7.08. The maximum Gasteiger partial charge on any atom is 0.228 e. The van der Waals surface area contributed by atoms with Gasteiger partial charge in [0.25, 0.3) is 0 Å². The highest BCUT2D eigenvalue weighted by Crippen LogP contribution is 2.49. The number of amidine groups is 1. The van der Waals surface area contributed by atoms with E-state index in [9.17, 15) is 4.79 Å². The SMILES string of the molecule is Cc1ccc(N=C2SCCCN2C(=O)C[C@@H]2C[C@@H]3CC[C@@H]2C3)cc1Cl. The van der Waals surface area contributed by atoms with Crippen LogP contribution in [-0.2, 0) is 4.79 Å². The van der Waals surface area contributed by atoms with Crippen LogP contribution < -0.4 is 0 Å². The second kappa shape index (κ2) is 7.32. The fraction of sp³-hybridized carbons (Fsp3) is 0.600. The van der Waals surface area contributed by atoms with Gasteiger partial charge in [-0.15, -0.1) is 0 Å². The Morgan fingerprint density at radius 3 is 2.96 bits per heavy atom. The molecule has 1 amide bonds. The first-order chi connectivity index (χ1) is 12.1. The first kappa shape index (κ1) is 17.4. The maximum absolute atomic E-state index is 13.0. The van der Waals surface area contributed by atoms with Crippen molar-refractivity contribution >= 4 is 40.1 Å². The van der Waals surface area contributed by atoms with Gasteiger partial charge in [-0.05, 0) is 68.1 Å². The molecule has 0 N–H and O–H groups in total. The average molecular weight is 377 g/mol. The van der Waals surface area contributed by atoms with Gasteiger partial charge in [0.1, 0.15) is 0 Å². The van der Waals surface area contributed by atoms with Gasteiger partial charge in [-0.2, -0.15) is 0 Å². The molecule has 134 valence electrons. The Hall–Kier alpha value is -1.00. The molecule has 1 aliphatic heterocycles. The van der Waals surface area contributed by atoms with Crippen LogP contribution >= 0.6 is 23.4 Å². The maximum atomic E-state index is 13.0. The number of nitrogens with zero attached hydrogens (tertiary/aromatic N) is 2. The lowest BCUT2D eigenvalue weighted by Crippen LogP contribution is -2.40. The van der Waals surface area contributed by atoms with Crippen molar-refractivity contribution in [1.29, 1.82) is 0 Å². The highest BCUT2D eigenvalue weighted by molar-refractivity contribution is 8.13. The van der Waals surface area contributed by atoms with Crippen LogP contribution in [0, 0.1) is 24.7 Å². The summed E-state index contributed by atoms with van der Waals surface area (Å²) in [4.78, 5) is 19.6. The van der Waals surface area contributed by atoms with Crippen LogP contribution in [0.1, 0.15) is 44.1 Å². The second-order valence-electron chi connectivity index (χ2n) is 7.71. The summed E-state index contributed by atoms with van der Waals surface area (Å²) < 4.78 is 0. The summed E-state index contributed by atoms with van der Waals surface area (Å²) in [7, 11) is 0. The molecular weight excluding hydrogens is 352 g/mol. The number of halogens is 1. The van der Waals surface area contributed by atoms with Gasteiger partial charge in [-0.3, -0.25) is 9.69 Å². The largest absolute Gasteiger partial charge is 0.291 e. The number of carbonyl (C=O) groups is 1. The normalized spacial score (nSPS) is 30.2. The van der Waals surface area contributed by atoms with Crippen LogP contribution in [0.4, 0.5) is 5.69 Å². The molecule has 2 aliphatic carbocycles. The molecule has 5 heteroatoms. The van der Waals surface area contributed by atoms with Crippen LogP contribution in [0.25, 0.3) is 0 Å². The summed E-state index contributed by atoms with van der Waals surface area (Å²) in [5, 5.41) is 1.57. The van der Waals surface area contributed by atoms with Crippen molar-refractivity contribution in [2.45, 2.75) is 45.4 Å². The lowest BCUT2D eigenvalue weighted by molar-refractivity contribution is -0.128. The van der Waals surface area contributed by atoms with E-state index in [1.165, 1.54) is 25.7 Å². The van der Waals surface area contributed by atoms with Crippen LogP contribution in [0.5, 0.6) is 0 Å². The van der Waals surface area contributed by atoms with E-state index in [-0.39, 0.29) is 5.91 Å². The summed E-state index contributed by atoms with van der Waals surface area (Å²) in [6.45, 7) is 2.78. The van der Waals surface area contributed by atoms with Gasteiger partial charge in [0.05, 0.1) is 5.69 Å². The minimum absolute atomic E-state index is 0.265. The molecule has 2 bridgehead atoms. The Labute approximate surface area is 159 Å². The first-order valence-corrected chi connectivity index (χ1v) is 10.7. The summed E-state index contributed by atoms with van der Waals surface area (Å²) in [5.74, 6) is 3.58. The number of rotatable bonds is 3. The molecule has 3 nitrogen and oxygen atoms in total. The lowest BCUT2D eigenvalue weighted by Gasteiger charge is -2.30. The number of hydrogen-bond donors (Lipinski definition) is 0. The fourth-order valence-corrected chi connectivity index (χ4v) is 5.76. The molecule has 3 fully saturated rings. The minimum atomic E-state index is 0.265. The molecule has 3 atom stereocenters. The standard InChI is InChI=1S/C20H25ClN2OS/c1-13-3-6-17(12-18(13)21)22-20-23(7-2-8-25-20)19(24)11-16-10-14-4-5-15(16)9-14/h3,6,12,14-16H,2,4-5,7-11H2,1H3/t14-,15-,16+/m1/s1. The number of benzene rings is 1. The van der Waals surface area contributed by atoms with E-state index in [1.54, 1.807) is 11.8 Å². The number of thioether (sulfide) groups is 1. The average Bonchev–Trinajstić information content (AvgIpc) is 3.21. The number of fused-ring (bicyclic) bond motifs is 2. The number of amides is 1. The topological polar surface area (TPSA) is 32.7 Å². The van der Waals surface area contributed by atoms with Gasteiger partial charge in [-0.25, -0.2) is 4.99 Å². The molecule has 0 aromatic heterocycles. The quantitative estimate of drug-likeness (QED) is 0.704. The van der Waals surface area contributed by atoms with E-state index < -0.39 is 0 Å². The van der Waals surface area contributed by atoms with Gasteiger partial charge in [0, 0.05) is 23.7 Å². The molecule has 1 aromatic carbocycles. The van der Waals surface area contributed by atoms with Gasteiger partial charge in [0.15, 0.2) is 5.17 Å². The summed E-state index contributed by atoms with van der Waals surface area (Å²) in [5.41, 5.74) is 1.88. The number of aliphatic imine (C=N–C) groups is 1. The number of hydrogen-bond acceptors (Lipinski definition) is 3. The van der Waals surface area contributed by atoms with E-state index >= 15 is 0 Å². The molecule has 1 aromatic rings. The lowest BCUT2D eigenvalue weighted by atomic mass is 9.86. The van der Waals surface area contributed by atoms with Crippen molar-refractivity contribution in [1.82, 2.24) is 4.90 Å². The molecule has 0 radical (unpaired) electrons. The Morgan fingerprint density at radius 2 is 2.24 bits per heavy atom. The minimum Gasteiger partial charge on any atom is -0.291 e. The molecule has 25 heavy (non-hydrogen) atoms. The van der Waals surface area contributed by atoms with Gasteiger partial charge < -0.3 is 0 Å². The molecule has 1 saturated heterocycles. The van der Waals surface area contributed by atoms with Gasteiger partial charge in [-0.1, -0.05) is 35.9 Å². The van der Waals surface area contributed by atoms with Gasteiger partial charge in [0.2, 0.25) is 5.91 Å². The monoisotopic (exact) mass is 376 g/mol. The van der Waals surface area contributed by atoms with Crippen LogP contribution in [0.15, 0.2) is 23.2 Å². The number of carbonyl (C=O) groups excluding carboxylic acids is 1. The van der Waals surface area contributed by atoms with E-state index in [0.29, 0.717) is 12.3 Å². The molecular formula is C20H25ClN2OS. The molecule has 0 unspecified atom stereocenters. The van der Waals surface area contributed by atoms with E-state index in [1.807, 2.05) is 30.0 Å². The Balaban J connectivity index is 1.49. The van der Waals surface area contributed by atoms with Crippen LogP contribution in [0.3, 0.4) is 0 Å². The van der Waals surface area contributed by atoms with Crippen molar-refractivity contribution in [2.75, 3.05) is 12.3 Å². The predicted octanol–water partition coefficient (Wildman–Crippen LogP) is 5.43. The highest BCUT2D eigenvalue weighted by Gasteiger charge is 2.41.